The topological polar surface area (TPSA) is 17.8 Å². The largest absolute Gasteiger partial charge is 0.338 e. The third-order valence-corrected chi connectivity index (χ3v) is 11.7. The first-order valence-electron chi connectivity index (χ1n) is 8.35. The summed E-state index contributed by atoms with van der Waals surface area (Å²) in [6.07, 6.45) is 4.01. The third kappa shape index (κ3) is 3.53. The summed E-state index contributed by atoms with van der Waals surface area (Å²) in [4.78, 5) is 4.77. The molecule has 4 heteroatoms. The maximum Gasteiger partial charge on any atom is 0.113 e. The Bertz CT molecular complexity index is 739. The predicted molar refractivity (Wildman–Crippen MR) is 108 cm³/mol. The van der Waals surface area contributed by atoms with Gasteiger partial charge in [0.1, 0.15) is 5.82 Å². The molecular weight excluding hydrogens is 327 g/mol. The average Bonchev–Trinajstić information content (AvgIpc) is 2.98. The lowest BCUT2D eigenvalue weighted by Gasteiger charge is -2.36. The molecule has 2 aromatic carbocycles. The molecule has 0 N–H and O–H groups in total. The molecular formula is C20H25N2PSi. The van der Waals surface area contributed by atoms with Gasteiger partial charge in [-0.25, -0.2) is 4.98 Å². The maximum atomic E-state index is 4.77. The molecule has 1 aromatic heterocycles. The number of nitrogens with zero attached hydrogens (tertiary/aromatic N) is 2. The zero-order valence-electron chi connectivity index (χ0n) is 14.8. The van der Waals surface area contributed by atoms with Gasteiger partial charge in [0.05, 0.1) is 8.07 Å². The van der Waals surface area contributed by atoms with Gasteiger partial charge in [-0.15, -0.1) is 0 Å². The second kappa shape index (κ2) is 7.04. The summed E-state index contributed by atoms with van der Waals surface area (Å²) in [6.45, 7) is 7.40. The van der Waals surface area contributed by atoms with Crippen LogP contribution in [0.5, 0.6) is 0 Å². The van der Waals surface area contributed by atoms with Crippen molar-refractivity contribution in [2.24, 2.45) is 7.05 Å². The first-order valence-corrected chi connectivity index (χ1v) is 13.3. The zero-order valence-corrected chi connectivity index (χ0v) is 16.7. The van der Waals surface area contributed by atoms with Crippen molar-refractivity contribution in [2.75, 3.05) is 0 Å². The summed E-state index contributed by atoms with van der Waals surface area (Å²) >= 11 is 0. The maximum absolute atomic E-state index is 4.77. The highest BCUT2D eigenvalue weighted by Gasteiger charge is 2.39. The summed E-state index contributed by atoms with van der Waals surface area (Å²) in [5.41, 5.74) is 0. The van der Waals surface area contributed by atoms with Crippen molar-refractivity contribution in [3.8, 4) is 0 Å². The van der Waals surface area contributed by atoms with Crippen LogP contribution in [0.2, 0.25) is 19.6 Å². The molecule has 2 nitrogen and oxygen atoms in total. The highest BCUT2D eigenvalue weighted by atomic mass is 31.1. The van der Waals surface area contributed by atoms with E-state index in [1.54, 1.807) is 0 Å². The molecule has 1 unspecified atom stereocenters. The van der Waals surface area contributed by atoms with E-state index in [1.807, 2.05) is 6.20 Å². The van der Waals surface area contributed by atoms with E-state index >= 15 is 0 Å². The lowest BCUT2D eigenvalue weighted by atomic mass is 10.4. The van der Waals surface area contributed by atoms with Gasteiger partial charge in [-0.3, -0.25) is 0 Å². The average molecular weight is 352 g/mol. The Morgan fingerprint density at radius 3 is 1.75 bits per heavy atom. The molecule has 0 bridgehead atoms. The molecule has 3 rings (SSSR count). The molecule has 0 spiro atoms. The van der Waals surface area contributed by atoms with Gasteiger partial charge in [0.25, 0.3) is 0 Å². The van der Waals surface area contributed by atoms with E-state index in [2.05, 4.69) is 98.1 Å². The van der Waals surface area contributed by atoms with Crippen LogP contribution in [0.25, 0.3) is 0 Å². The minimum absolute atomic E-state index is 0.484. The van der Waals surface area contributed by atoms with Crippen molar-refractivity contribution in [3.05, 3.63) is 78.9 Å². The quantitative estimate of drug-likeness (QED) is 0.489. The highest BCUT2D eigenvalue weighted by molar-refractivity contribution is 7.75. The Hall–Kier alpha value is -1.70. The molecule has 0 fully saturated rings. The molecule has 3 aromatic rings. The fourth-order valence-corrected chi connectivity index (χ4v) is 10.6. The fourth-order valence-electron chi connectivity index (χ4n) is 3.16. The summed E-state index contributed by atoms with van der Waals surface area (Å²) in [5, 5.41) is 3.36. The smallest absolute Gasteiger partial charge is 0.113 e. The summed E-state index contributed by atoms with van der Waals surface area (Å²) in [6, 6.07) is 22.0. The number of hydrogen-bond donors (Lipinski definition) is 0. The molecule has 0 aliphatic heterocycles. The normalized spacial score (nSPS) is 13.2. The van der Waals surface area contributed by atoms with Crippen molar-refractivity contribution in [3.63, 3.8) is 0 Å². The summed E-state index contributed by atoms with van der Waals surface area (Å²) < 4.78 is 2.21. The molecule has 0 saturated heterocycles. The Balaban J connectivity index is 2.21. The number of benzene rings is 2. The van der Waals surface area contributed by atoms with Crippen LogP contribution in [-0.2, 0) is 7.05 Å². The molecule has 0 radical (unpaired) electrons. The Labute approximate surface area is 147 Å². The van der Waals surface area contributed by atoms with Crippen LogP contribution in [-0.4, -0.2) is 17.6 Å². The van der Waals surface area contributed by atoms with Gasteiger partial charge in [-0.1, -0.05) is 80.3 Å². The van der Waals surface area contributed by atoms with Crippen LogP contribution in [0, 0.1) is 0 Å². The van der Waals surface area contributed by atoms with Gasteiger partial charge in [0, 0.05) is 24.7 Å². The van der Waals surface area contributed by atoms with E-state index in [4.69, 9.17) is 4.98 Å². The zero-order chi connectivity index (χ0) is 17.2. The molecule has 0 amide bonds. The van der Waals surface area contributed by atoms with Crippen molar-refractivity contribution in [2.45, 2.75) is 24.9 Å². The van der Waals surface area contributed by atoms with Gasteiger partial charge >= 0.3 is 0 Å². The van der Waals surface area contributed by atoms with Crippen LogP contribution >= 0.6 is 7.92 Å². The van der Waals surface area contributed by atoms with Gasteiger partial charge < -0.3 is 4.57 Å². The van der Waals surface area contributed by atoms with Crippen LogP contribution in [0.3, 0.4) is 0 Å². The van der Waals surface area contributed by atoms with E-state index in [0.717, 1.165) is 0 Å². The molecule has 1 atom stereocenters. The molecule has 0 aliphatic rings. The Morgan fingerprint density at radius 1 is 0.875 bits per heavy atom. The van der Waals surface area contributed by atoms with E-state index in [-0.39, 0.29) is 0 Å². The lowest BCUT2D eigenvalue weighted by molar-refractivity contribution is 0.831. The SMILES string of the molecule is Cn1ccnc1C(P(c1ccccc1)c1ccccc1)[Si](C)(C)C. The highest BCUT2D eigenvalue weighted by Crippen LogP contribution is 2.53. The van der Waals surface area contributed by atoms with Crippen molar-refractivity contribution in [1.82, 2.24) is 9.55 Å². The second-order valence-corrected chi connectivity index (χ2v) is 15.3. The number of aromatic nitrogens is 2. The minimum atomic E-state index is -1.51. The van der Waals surface area contributed by atoms with Gasteiger partial charge in [-0.2, -0.15) is 0 Å². The Kier molecular flexibility index (Phi) is 5.03. The number of rotatable bonds is 5. The van der Waals surface area contributed by atoms with E-state index < -0.39 is 16.0 Å². The second-order valence-electron chi connectivity index (χ2n) is 7.21. The van der Waals surface area contributed by atoms with Crippen LogP contribution in [0.15, 0.2) is 73.1 Å². The van der Waals surface area contributed by atoms with Gasteiger partial charge in [0.15, 0.2) is 0 Å². The fraction of sp³-hybridized carbons (Fsp3) is 0.250. The minimum Gasteiger partial charge on any atom is -0.338 e. The van der Waals surface area contributed by atoms with Gasteiger partial charge in [0.2, 0.25) is 0 Å². The molecule has 24 heavy (non-hydrogen) atoms. The standard InChI is InChI=1S/C20H25N2PSi/c1-22-16-15-21-19(22)20(24(2,3)4)23(17-11-7-5-8-12-17)18-13-9-6-10-14-18/h5-16,20H,1-4H3. The Morgan fingerprint density at radius 2 is 1.38 bits per heavy atom. The monoisotopic (exact) mass is 352 g/mol. The third-order valence-electron chi connectivity index (χ3n) is 4.25. The van der Waals surface area contributed by atoms with E-state index in [0.29, 0.717) is 5.28 Å². The van der Waals surface area contributed by atoms with Crippen LogP contribution < -0.4 is 10.6 Å². The molecule has 0 saturated carbocycles. The molecule has 0 aliphatic carbocycles. The predicted octanol–water partition coefficient (Wildman–Crippen LogP) is 4.47. The first-order chi connectivity index (χ1) is 11.5. The van der Waals surface area contributed by atoms with Crippen LogP contribution in [0.4, 0.5) is 0 Å². The number of imidazole rings is 1. The lowest BCUT2D eigenvalue weighted by Crippen LogP contribution is -2.36. The van der Waals surface area contributed by atoms with Crippen molar-refractivity contribution < 1.29 is 0 Å². The molecule has 124 valence electrons. The number of aryl methyl sites for hydroxylation is 1. The molecule has 1 heterocycles. The van der Waals surface area contributed by atoms with Crippen LogP contribution in [0.1, 0.15) is 11.1 Å². The van der Waals surface area contributed by atoms with E-state index in [1.165, 1.54) is 16.4 Å². The summed E-state index contributed by atoms with van der Waals surface area (Å²) in [7, 11) is 0.127. The van der Waals surface area contributed by atoms with Crippen molar-refractivity contribution >= 4 is 26.6 Å². The number of hydrogen-bond acceptors (Lipinski definition) is 1. The van der Waals surface area contributed by atoms with Crippen molar-refractivity contribution in [1.29, 1.82) is 0 Å². The first kappa shape index (κ1) is 17.1. The summed E-state index contributed by atoms with van der Waals surface area (Å²) in [5.74, 6) is 1.23. The van der Waals surface area contributed by atoms with E-state index in [9.17, 15) is 0 Å². The van der Waals surface area contributed by atoms with Gasteiger partial charge in [-0.05, 0) is 18.5 Å².